The number of hydrogen-bond donors (Lipinski definition) is 1. The van der Waals surface area contributed by atoms with Crippen LogP contribution in [0.15, 0.2) is 12.1 Å². The average Bonchev–Trinajstić information content (AvgIpc) is 3.61. The largest absolute Gasteiger partial charge is 0.434 e. The molecule has 1 aromatic rings. The molecule has 1 N–H and O–H groups in total. The first-order valence-corrected chi connectivity index (χ1v) is 14.3. The van der Waals surface area contributed by atoms with E-state index >= 15 is 0 Å². The third-order valence-corrected chi connectivity index (χ3v) is 10.6. The van der Waals surface area contributed by atoms with Crippen LogP contribution in [0.2, 0.25) is 0 Å². The molecule has 1 heterocycles. The van der Waals surface area contributed by atoms with Crippen LogP contribution in [0, 0.1) is 17.3 Å². The minimum atomic E-state index is -4.70. The van der Waals surface area contributed by atoms with Crippen molar-refractivity contribution in [2.24, 2.45) is 17.3 Å². The van der Waals surface area contributed by atoms with Crippen molar-refractivity contribution in [3.8, 4) is 0 Å². The van der Waals surface area contributed by atoms with Gasteiger partial charge in [0.15, 0.2) is 15.5 Å². The van der Waals surface area contributed by atoms with Crippen LogP contribution in [0.1, 0.15) is 98.3 Å². The van der Waals surface area contributed by atoms with Gasteiger partial charge in [0.05, 0.1) is 16.6 Å². The Hall–Kier alpha value is -1.64. The highest BCUT2D eigenvalue weighted by molar-refractivity contribution is 7.92. The first kappa shape index (κ1) is 24.1. The van der Waals surface area contributed by atoms with Crippen LogP contribution in [0.4, 0.5) is 13.2 Å². The van der Waals surface area contributed by atoms with E-state index in [2.05, 4.69) is 10.3 Å². The Morgan fingerprint density at radius 3 is 2.21 bits per heavy atom. The Kier molecular flexibility index (Phi) is 6.22. The normalized spacial score (nSPS) is 28.0. The highest BCUT2D eigenvalue weighted by Gasteiger charge is 2.44. The molecule has 0 aliphatic heterocycles. The Bertz CT molecular complexity index is 1040. The van der Waals surface area contributed by atoms with Crippen LogP contribution in [0.5, 0.6) is 0 Å². The molecule has 0 unspecified atom stereocenters. The fourth-order valence-electron chi connectivity index (χ4n) is 5.54. The van der Waals surface area contributed by atoms with E-state index < -0.39 is 33.2 Å². The van der Waals surface area contributed by atoms with E-state index in [0.29, 0.717) is 43.2 Å². The number of pyridine rings is 1. The maximum atomic E-state index is 13.7. The van der Waals surface area contributed by atoms with Gasteiger partial charge in [0, 0.05) is 18.2 Å². The van der Waals surface area contributed by atoms with Crippen molar-refractivity contribution < 1.29 is 26.4 Å². The van der Waals surface area contributed by atoms with Crippen LogP contribution < -0.4 is 5.32 Å². The summed E-state index contributed by atoms with van der Waals surface area (Å²) in [7, 11) is -3.11. The van der Waals surface area contributed by atoms with Crippen LogP contribution in [0.3, 0.4) is 0 Å². The Morgan fingerprint density at radius 2 is 1.65 bits per heavy atom. The molecule has 0 saturated heterocycles. The third-order valence-electron chi connectivity index (χ3n) is 8.13. The Labute approximate surface area is 199 Å². The standard InChI is InChI=1S/C25H33F3N2O3S/c26-25(27,28)22-20(7-8-21(30-22)18-5-6-18)23(31)29-15-24(13-16-1-2-16)11-9-19(10-12-24)34(32,33)14-17-3-4-17/h7-8,16-19H,1-6,9-15H2,(H,29,31). The van der Waals surface area contributed by atoms with Gasteiger partial charge in [-0.3, -0.25) is 4.79 Å². The lowest BCUT2D eigenvalue weighted by Gasteiger charge is -2.40. The van der Waals surface area contributed by atoms with Gasteiger partial charge in [0.25, 0.3) is 5.91 Å². The summed E-state index contributed by atoms with van der Waals surface area (Å²) in [5.41, 5.74) is -1.39. The predicted octanol–water partition coefficient (Wildman–Crippen LogP) is 5.26. The first-order valence-electron chi connectivity index (χ1n) is 12.6. The van der Waals surface area contributed by atoms with Gasteiger partial charge in [-0.05, 0) is 87.2 Å². The lowest BCUT2D eigenvalue weighted by molar-refractivity contribution is -0.141. The van der Waals surface area contributed by atoms with Gasteiger partial charge in [-0.2, -0.15) is 13.2 Å². The van der Waals surface area contributed by atoms with Crippen molar-refractivity contribution in [1.29, 1.82) is 0 Å². The molecule has 1 amide bonds. The Morgan fingerprint density at radius 1 is 1.00 bits per heavy atom. The van der Waals surface area contributed by atoms with E-state index in [9.17, 15) is 26.4 Å². The van der Waals surface area contributed by atoms with Crippen LogP contribution in [-0.2, 0) is 16.0 Å². The molecule has 0 aromatic carbocycles. The van der Waals surface area contributed by atoms with Crippen molar-refractivity contribution >= 4 is 15.7 Å². The number of nitrogens with one attached hydrogen (secondary N) is 1. The van der Waals surface area contributed by atoms with Crippen LogP contribution in [-0.4, -0.2) is 36.9 Å². The average molecular weight is 499 g/mol. The molecule has 4 saturated carbocycles. The second-order valence-electron chi connectivity index (χ2n) is 11.2. The van der Waals surface area contributed by atoms with Gasteiger partial charge in [0.2, 0.25) is 0 Å². The Balaban J connectivity index is 1.27. The number of nitrogens with zero attached hydrogens (tertiary/aromatic N) is 1. The van der Waals surface area contributed by atoms with Crippen molar-refractivity contribution in [3.63, 3.8) is 0 Å². The second kappa shape index (κ2) is 8.79. The van der Waals surface area contributed by atoms with E-state index in [4.69, 9.17) is 0 Å². The van der Waals surface area contributed by atoms with Gasteiger partial charge >= 0.3 is 6.18 Å². The smallest absolute Gasteiger partial charge is 0.351 e. The number of hydrogen-bond acceptors (Lipinski definition) is 4. The van der Waals surface area contributed by atoms with E-state index in [0.717, 1.165) is 44.9 Å². The van der Waals surface area contributed by atoms with E-state index in [1.54, 1.807) is 0 Å². The summed E-state index contributed by atoms with van der Waals surface area (Å²) >= 11 is 0. The fraction of sp³-hybridized carbons (Fsp3) is 0.760. The molecule has 34 heavy (non-hydrogen) atoms. The third kappa shape index (κ3) is 5.60. The van der Waals surface area contributed by atoms with Gasteiger partial charge in [-0.25, -0.2) is 13.4 Å². The van der Waals surface area contributed by atoms with Crippen molar-refractivity contribution in [2.45, 2.75) is 88.0 Å². The number of sulfone groups is 1. The molecule has 5 nitrogen and oxygen atoms in total. The molecule has 1 aromatic heterocycles. The molecule has 0 radical (unpaired) electrons. The molecule has 0 atom stereocenters. The number of alkyl halides is 3. The number of halogens is 3. The maximum absolute atomic E-state index is 13.7. The highest BCUT2D eigenvalue weighted by atomic mass is 32.2. The summed E-state index contributed by atoms with van der Waals surface area (Å²) in [6, 6.07) is 2.80. The number of carbonyl (C=O) groups is 1. The molecule has 188 valence electrons. The van der Waals surface area contributed by atoms with E-state index in [1.165, 1.54) is 12.1 Å². The number of amides is 1. The van der Waals surface area contributed by atoms with Crippen molar-refractivity contribution in [3.05, 3.63) is 29.1 Å². The number of rotatable bonds is 9. The van der Waals surface area contributed by atoms with Crippen LogP contribution in [0.25, 0.3) is 0 Å². The second-order valence-corrected chi connectivity index (χ2v) is 13.5. The summed E-state index contributed by atoms with van der Waals surface area (Å²) in [6.45, 7) is 0.277. The number of carbonyl (C=O) groups excluding carboxylic acids is 1. The quantitative estimate of drug-likeness (QED) is 0.504. The molecule has 4 aliphatic carbocycles. The SMILES string of the molecule is O=C(NCC1(CC2CC2)CCC(S(=O)(=O)CC2CC2)CC1)c1ccc(C2CC2)nc1C(F)(F)F. The van der Waals surface area contributed by atoms with Gasteiger partial charge in [0.1, 0.15) is 0 Å². The van der Waals surface area contributed by atoms with Gasteiger partial charge in [-0.15, -0.1) is 0 Å². The monoisotopic (exact) mass is 498 g/mol. The molecular formula is C25H33F3N2O3S. The lowest BCUT2D eigenvalue weighted by Crippen LogP contribution is -2.43. The summed E-state index contributed by atoms with van der Waals surface area (Å²) in [5.74, 6) is 0.493. The molecule has 4 fully saturated rings. The molecule has 4 aliphatic rings. The maximum Gasteiger partial charge on any atom is 0.434 e. The number of aromatic nitrogens is 1. The molecule has 0 spiro atoms. The van der Waals surface area contributed by atoms with Gasteiger partial charge in [-0.1, -0.05) is 12.8 Å². The zero-order chi connectivity index (χ0) is 24.1. The minimum absolute atomic E-state index is 0.0615. The van der Waals surface area contributed by atoms with Gasteiger partial charge < -0.3 is 5.32 Å². The summed E-state index contributed by atoms with van der Waals surface area (Å²) in [6.07, 6.45) is 4.63. The lowest BCUT2D eigenvalue weighted by atomic mass is 9.70. The van der Waals surface area contributed by atoms with E-state index in [-0.39, 0.29) is 28.9 Å². The topological polar surface area (TPSA) is 76.1 Å². The summed E-state index contributed by atoms with van der Waals surface area (Å²) < 4.78 is 66.5. The van der Waals surface area contributed by atoms with Crippen molar-refractivity contribution in [2.75, 3.05) is 12.3 Å². The molecule has 9 heteroatoms. The predicted molar refractivity (Wildman–Crippen MR) is 122 cm³/mol. The van der Waals surface area contributed by atoms with Crippen LogP contribution >= 0.6 is 0 Å². The molecular weight excluding hydrogens is 465 g/mol. The van der Waals surface area contributed by atoms with Crippen molar-refractivity contribution in [1.82, 2.24) is 10.3 Å². The first-order chi connectivity index (χ1) is 16.0. The zero-order valence-corrected chi connectivity index (χ0v) is 20.2. The summed E-state index contributed by atoms with van der Waals surface area (Å²) in [4.78, 5) is 16.7. The minimum Gasteiger partial charge on any atom is -0.351 e. The fourth-order valence-corrected chi connectivity index (χ4v) is 7.76. The zero-order valence-electron chi connectivity index (χ0n) is 19.4. The molecule has 5 rings (SSSR count). The highest BCUT2D eigenvalue weighted by Crippen LogP contribution is 2.49. The molecule has 0 bridgehead atoms. The van der Waals surface area contributed by atoms with E-state index in [1.807, 2.05) is 0 Å². The summed E-state index contributed by atoms with van der Waals surface area (Å²) in [5, 5.41) is 2.46.